The third-order valence-electron chi connectivity index (χ3n) is 9.14. The summed E-state index contributed by atoms with van der Waals surface area (Å²) in [6, 6.07) is 51.6. The van der Waals surface area contributed by atoms with Crippen molar-refractivity contribution in [2.45, 2.75) is 0 Å². The molecule has 0 amide bonds. The van der Waals surface area contributed by atoms with E-state index in [1.54, 1.807) is 0 Å². The molecule has 2 heteroatoms. The van der Waals surface area contributed by atoms with Crippen molar-refractivity contribution in [3.8, 4) is 39.1 Å². The molecule has 0 saturated carbocycles. The summed E-state index contributed by atoms with van der Waals surface area (Å²) >= 11 is 1.88. The number of benzene rings is 7. The standard InChI is InChI=1S/C40H23NS/c1-3-13-35-29(9-1)32-21-22-37-39(33-10-2-4-14-36(33)42-37)40(32)41(35)27-18-15-24(16-19-27)26-17-20-28-30-11-5-7-25-8-6-12-31(38(25)30)34(28)23-26/h1-23H. The molecule has 0 N–H and O–H groups in total. The van der Waals surface area contributed by atoms with Crippen LogP contribution < -0.4 is 0 Å². The molecule has 1 nitrogen and oxygen atoms in total. The molecular formula is C40H23NS. The summed E-state index contributed by atoms with van der Waals surface area (Å²) in [5, 5.41) is 7.96. The number of fused-ring (bicyclic) bond motifs is 10. The fourth-order valence-corrected chi connectivity index (χ4v) is 8.42. The molecule has 0 unspecified atom stereocenters. The molecule has 10 rings (SSSR count). The van der Waals surface area contributed by atoms with Crippen LogP contribution in [0.5, 0.6) is 0 Å². The van der Waals surface area contributed by atoms with Crippen molar-refractivity contribution >= 4 is 64.1 Å². The molecular weight excluding hydrogens is 527 g/mol. The molecule has 1 aliphatic carbocycles. The lowest BCUT2D eigenvalue weighted by atomic mass is 9.97. The Hall–Kier alpha value is -5.18. The van der Waals surface area contributed by atoms with Gasteiger partial charge in [-0.25, -0.2) is 0 Å². The number of thiophene rings is 1. The number of aromatic nitrogens is 1. The van der Waals surface area contributed by atoms with Crippen molar-refractivity contribution < 1.29 is 0 Å². The molecule has 1 aliphatic rings. The van der Waals surface area contributed by atoms with E-state index in [0.717, 1.165) is 0 Å². The average molecular weight is 550 g/mol. The van der Waals surface area contributed by atoms with Gasteiger partial charge in [-0.2, -0.15) is 0 Å². The second-order valence-corrected chi connectivity index (χ2v) is 12.4. The maximum atomic E-state index is 2.47. The van der Waals surface area contributed by atoms with Gasteiger partial charge in [-0.1, -0.05) is 103 Å². The minimum Gasteiger partial charge on any atom is -0.309 e. The van der Waals surface area contributed by atoms with Crippen LogP contribution >= 0.6 is 11.3 Å². The predicted octanol–water partition coefficient (Wildman–Crippen LogP) is 11.6. The Morgan fingerprint density at radius 1 is 0.429 bits per heavy atom. The van der Waals surface area contributed by atoms with E-state index < -0.39 is 0 Å². The zero-order chi connectivity index (χ0) is 27.4. The first-order valence-corrected chi connectivity index (χ1v) is 15.3. The van der Waals surface area contributed by atoms with Crippen LogP contribution in [0.3, 0.4) is 0 Å². The summed E-state index contributed by atoms with van der Waals surface area (Å²) in [4.78, 5) is 0. The number of hydrogen-bond donors (Lipinski definition) is 0. The Morgan fingerprint density at radius 2 is 1.17 bits per heavy atom. The summed E-state index contributed by atoms with van der Waals surface area (Å²) in [6.07, 6.45) is 0. The van der Waals surface area contributed by atoms with Gasteiger partial charge in [0.1, 0.15) is 0 Å². The van der Waals surface area contributed by atoms with Crippen LogP contribution in [0.25, 0.3) is 91.8 Å². The second-order valence-electron chi connectivity index (χ2n) is 11.3. The lowest BCUT2D eigenvalue weighted by molar-refractivity contribution is 1.19. The van der Waals surface area contributed by atoms with Gasteiger partial charge in [0.25, 0.3) is 0 Å². The molecule has 0 fully saturated rings. The largest absolute Gasteiger partial charge is 0.309 e. The molecule has 194 valence electrons. The summed E-state index contributed by atoms with van der Waals surface area (Å²) in [5.74, 6) is 0. The van der Waals surface area contributed by atoms with E-state index in [2.05, 4.69) is 144 Å². The quantitative estimate of drug-likeness (QED) is 0.202. The van der Waals surface area contributed by atoms with Gasteiger partial charge in [0.05, 0.1) is 11.0 Å². The van der Waals surface area contributed by atoms with E-state index in [4.69, 9.17) is 0 Å². The third-order valence-corrected chi connectivity index (χ3v) is 10.3. The first-order valence-electron chi connectivity index (χ1n) is 14.4. The zero-order valence-corrected chi connectivity index (χ0v) is 23.5. The molecule has 42 heavy (non-hydrogen) atoms. The molecule has 0 atom stereocenters. The first kappa shape index (κ1) is 22.5. The van der Waals surface area contributed by atoms with Crippen molar-refractivity contribution in [3.63, 3.8) is 0 Å². The lowest BCUT2D eigenvalue weighted by Crippen LogP contribution is -1.94. The fraction of sp³-hybridized carbons (Fsp3) is 0. The van der Waals surface area contributed by atoms with E-state index in [-0.39, 0.29) is 0 Å². The van der Waals surface area contributed by atoms with Crippen LogP contribution in [0.4, 0.5) is 0 Å². The van der Waals surface area contributed by atoms with Gasteiger partial charge in [0.2, 0.25) is 0 Å². The van der Waals surface area contributed by atoms with Gasteiger partial charge in [0.15, 0.2) is 0 Å². The van der Waals surface area contributed by atoms with E-state index in [1.165, 1.54) is 91.8 Å². The minimum absolute atomic E-state index is 1.19. The average Bonchev–Trinajstić information content (AvgIpc) is 3.70. The number of para-hydroxylation sites is 1. The molecule has 0 saturated heterocycles. The van der Waals surface area contributed by atoms with Crippen molar-refractivity contribution in [1.29, 1.82) is 0 Å². The highest BCUT2D eigenvalue weighted by Crippen LogP contribution is 2.48. The second kappa shape index (κ2) is 8.19. The maximum Gasteiger partial charge on any atom is 0.0634 e. The minimum atomic E-state index is 1.19. The molecule has 7 aromatic carbocycles. The van der Waals surface area contributed by atoms with Gasteiger partial charge >= 0.3 is 0 Å². The Bertz CT molecular complexity index is 2560. The van der Waals surface area contributed by atoms with Crippen LogP contribution in [0, 0.1) is 0 Å². The maximum absolute atomic E-state index is 2.47. The first-order chi connectivity index (χ1) is 20.8. The molecule has 2 aromatic heterocycles. The van der Waals surface area contributed by atoms with Crippen LogP contribution in [-0.4, -0.2) is 4.57 Å². The number of rotatable bonds is 2. The SMILES string of the molecule is c1cc2c3c(cccc3c1)-c1cc(-c3ccc(-n4c5ccccc5c5ccc6sc7ccccc7c6c54)cc3)ccc1-2. The van der Waals surface area contributed by atoms with E-state index in [1.807, 2.05) is 11.3 Å². The van der Waals surface area contributed by atoms with Gasteiger partial charge in [0, 0.05) is 36.6 Å². The lowest BCUT2D eigenvalue weighted by Gasteiger charge is -2.11. The van der Waals surface area contributed by atoms with Crippen LogP contribution in [0.15, 0.2) is 140 Å². The summed E-state index contributed by atoms with van der Waals surface area (Å²) in [6.45, 7) is 0. The highest BCUT2D eigenvalue weighted by molar-refractivity contribution is 7.26. The highest BCUT2D eigenvalue weighted by atomic mass is 32.1. The molecule has 9 aromatic rings. The Labute approximate surface area is 246 Å². The van der Waals surface area contributed by atoms with E-state index >= 15 is 0 Å². The van der Waals surface area contributed by atoms with Crippen molar-refractivity contribution in [1.82, 2.24) is 4.57 Å². The summed E-state index contributed by atoms with van der Waals surface area (Å²) in [7, 11) is 0. The smallest absolute Gasteiger partial charge is 0.0634 e. The monoisotopic (exact) mass is 549 g/mol. The summed E-state index contributed by atoms with van der Waals surface area (Å²) < 4.78 is 5.14. The van der Waals surface area contributed by atoms with Gasteiger partial charge in [-0.05, 0) is 80.6 Å². The molecule has 0 bridgehead atoms. The molecule has 2 heterocycles. The topological polar surface area (TPSA) is 4.93 Å². The third kappa shape index (κ3) is 2.92. The fourth-order valence-electron chi connectivity index (χ4n) is 7.31. The predicted molar refractivity (Wildman–Crippen MR) is 181 cm³/mol. The number of hydrogen-bond acceptors (Lipinski definition) is 1. The van der Waals surface area contributed by atoms with Crippen molar-refractivity contribution in [3.05, 3.63) is 140 Å². The normalized spacial score (nSPS) is 12.3. The number of nitrogens with zero attached hydrogens (tertiary/aromatic N) is 1. The van der Waals surface area contributed by atoms with Crippen molar-refractivity contribution in [2.75, 3.05) is 0 Å². The van der Waals surface area contributed by atoms with E-state index in [9.17, 15) is 0 Å². The Balaban J connectivity index is 1.17. The molecule has 0 radical (unpaired) electrons. The molecule has 0 aliphatic heterocycles. The van der Waals surface area contributed by atoms with Crippen LogP contribution in [0.1, 0.15) is 0 Å². The van der Waals surface area contributed by atoms with Crippen LogP contribution in [0.2, 0.25) is 0 Å². The summed E-state index contributed by atoms with van der Waals surface area (Å²) in [5.41, 5.74) is 11.6. The Morgan fingerprint density at radius 3 is 2.02 bits per heavy atom. The molecule has 0 spiro atoms. The van der Waals surface area contributed by atoms with Gasteiger partial charge < -0.3 is 4.57 Å². The van der Waals surface area contributed by atoms with Gasteiger partial charge in [-0.15, -0.1) is 11.3 Å². The highest BCUT2D eigenvalue weighted by Gasteiger charge is 2.22. The van der Waals surface area contributed by atoms with Crippen molar-refractivity contribution in [2.24, 2.45) is 0 Å². The zero-order valence-electron chi connectivity index (χ0n) is 22.6. The van der Waals surface area contributed by atoms with Gasteiger partial charge in [-0.3, -0.25) is 0 Å². The Kier molecular flexibility index (Phi) is 4.39. The van der Waals surface area contributed by atoms with E-state index in [0.29, 0.717) is 0 Å². The van der Waals surface area contributed by atoms with Crippen LogP contribution in [-0.2, 0) is 0 Å².